The van der Waals surface area contributed by atoms with Gasteiger partial charge in [-0.05, 0) is 38.7 Å². The first-order valence-electron chi connectivity index (χ1n) is 7.72. The normalized spacial score (nSPS) is 28.3. The van der Waals surface area contributed by atoms with Crippen LogP contribution in [0.2, 0.25) is 0 Å². The Balaban J connectivity index is 1.72. The summed E-state index contributed by atoms with van der Waals surface area (Å²) in [4.78, 5) is 22.7. The highest BCUT2D eigenvalue weighted by Gasteiger charge is 2.42. The first kappa shape index (κ1) is 12.8. The number of piperidine rings is 1. The zero-order chi connectivity index (χ0) is 14.6. The number of rotatable bonds is 1. The molecule has 0 saturated carbocycles. The molecule has 2 unspecified atom stereocenters. The molecule has 5 nitrogen and oxygen atoms in total. The number of carbonyl (C=O) groups is 1. The number of pyridine rings is 1. The van der Waals surface area contributed by atoms with Crippen LogP contribution < -0.4 is 0 Å². The van der Waals surface area contributed by atoms with E-state index in [4.69, 9.17) is 0 Å². The van der Waals surface area contributed by atoms with Gasteiger partial charge >= 0.3 is 0 Å². The summed E-state index contributed by atoms with van der Waals surface area (Å²) in [6, 6.07) is 3.31. The number of hydrogen-bond acceptors (Lipinski definition) is 3. The minimum Gasteiger partial charge on any atom is -0.337 e. The SMILES string of the molecule is CC(=O)N1C2CCC1CC(n1c(C)nc3cnccc31)C2. The fourth-order valence-corrected chi connectivity index (χ4v) is 4.41. The molecule has 1 amide bonds. The Hall–Kier alpha value is -1.91. The zero-order valence-electron chi connectivity index (χ0n) is 12.5. The number of aromatic nitrogens is 3. The Kier molecular flexibility index (Phi) is 2.77. The van der Waals surface area contributed by atoms with Gasteiger partial charge in [-0.3, -0.25) is 9.78 Å². The molecule has 2 atom stereocenters. The van der Waals surface area contributed by atoms with Gasteiger partial charge in [0, 0.05) is 31.2 Å². The van der Waals surface area contributed by atoms with Crippen molar-refractivity contribution < 1.29 is 4.79 Å². The molecule has 2 bridgehead atoms. The van der Waals surface area contributed by atoms with Gasteiger partial charge in [0.2, 0.25) is 5.91 Å². The van der Waals surface area contributed by atoms with Crippen molar-refractivity contribution in [2.24, 2.45) is 0 Å². The minimum atomic E-state index is 0.234. The Morgan fingerprint density at radius 3 is 2.62 bits per heavy atom. The highest BCUT2D eigenvalue weighted by Crippen LogP contribution is 2.42. The number of imidazole rings is 1. The summed E-state index contributed by atoms with van der Waals surface area (Å²) in [5.41, 5.74) is 2.14. The van der Waals surface area contributed by atoms with Gasteiger partial charge in [0.15, 0.2) is 0 Å². The van der Waals surface area contributed by atoms with Crippen LogP contribution in [0.4, 0.5) is 0 Å². The maximum absolute atomic E-state index is 11.8. The van der Waals surface area contributed by atoms with Crippen LogP contribution in [0, 0.1) is 6.92 Å². The van der Waals surface area contributed by atoms with Crippen LogP contribution in [0.5, 0.6) is 0 Å². The highest BCUT2D eigenvalue weighted by molar-refractivity contribution is 5.75. The number of hydrogen-bond donors (Lipinski definition) is 0. The summed E-state index contributed by atoms with van der Waals surface area (Å²) < 4.78 is 2.36. The van der Waals surface area contributed by atoms with E-state index in [1.807, 2.05) is 12.4 Å². The zero-order valence-corrected chi connectivity index (χ0v) is 12.5. The number of amides is 1. The molecule has 0 N–H and O–H groups in total. The van der Waals surface area contributed by atoms with Crippen molar-refractivity contribution in [1.29, 1.82) is 0 Å². The average molecular weight is 284 g/mol. The average Bonchev–Trinajstić information content (AvgIpc) is 2.92. The van der Waals surface area contributed by atoms with Crippen LogP contribution in [0.3, 0.4) is 0 Å². The van der Waals surface area contributed by atoms with Gasteiger partial charge in [0.1, 0.15) is 11.3 Å². The van der Waals surface area contributed by atoms with E-state index in [9.17, 15) is 4.79 Å². The minimum absolute atomic E-state index is 0.234. The van der Waals surface area contributed by atoms with Crippen molar-refractivity contribution in [3.63, 3.8) is 0 Å². The molecule has 5 heteroatoms. The number of aryl methyl sites for hydroxylation is 1. The molecule has 2 aromatic heterocycles. The molecular formula is C16H20N4O. The first-order valence-corrected chi connectivity index (χ1v) is 7.72. The second kappa shape index (κ2) is 4.55. The molecule has 2 saturated heterocycles. The van der Waals surface area contributed by atoms with Crippen LogP contribution in [0.15, 0.2) is 18.5 Å². The van der Waals surface area contributed by atoms with Gasteiger partial charge in [-0.2, -0.15) is 0 Å². The third kappa shape index (κ3) is 1.87. The maximum atomic E-state index is 11.8. The van der Waals surface area contributed by atoms with Crippen molar-refractivity contribution in [2.45, 2.75) is 57.7 Å². The Bertz CT molecular complexity index is 693. The second-order valence-electron chi connectivity index (χ2n) is 6.33. The maximum Gasteiger partial charge on any atom is 0.219 e. The van der Waals surface area contributed by atoms with Gasteiger partial charge < -0.3 is 9.47 Å². The highest BCUT2D eigenvalue weighted by atomic mass is 16.2. The van der Waals surface area contributed by atoms with Gasteiger partial charge in [-0.15, -0.1) is 0 Å². The first-order chi connectivity index (χ1) is 10.1. The quantitative estimate of drug-likeness (QED) is 0.808. The molecule has 0 spiro atoms. The number of nitrogens with zero attached hydrogens (tertiary/aromatic N) is 4. The molecule has 0 aromatic carbocycles. The van der Waals surface area contributed by atoms with Crippen molar-refractivity contribution in [1.82, 2.24) is 19.4 Å². The van der Waals surface area contributed by atoms with E-state index in [1.165, 1.54) is 5.52 Å². The molecule has 2 aromatic rings. The van der Waals surface area contributed by atoms with Crippen molar-refractivity contribution in [3.8, 4) is 0 Å². The van der Waals surface area contributed by atoms with Crippen LogP contribution in [0.25, 0.3) is 11.0 Å². The summed E-state index contributed by atoms with van der Waals surface area (Å²) in [7, 11) is 0. The van der Waals surface area contributed by atoms with E-state index in [0.717, 1.165) is 37.0 Å². The van der Waals surface area contributed by atoms with Gasteiger partial charge in [0.25, 0.3) is 0 Å². The Labute approximate surface area is 124 Å². The summed E-state index contributed by atoms with van der Waals surface area (Å²) in [6.07, 6.45) is 8.05. The second-order valence-corrected chi connectivity index (χ2v) is 6.33. The topological polar surface area (TPSA) is 51.0 Å². The van der Waals surface area contributed by atoms with E-state index in [1.54, 1.807) is 6.92 Å². The largest absolute Gasteiger partial charge is 0.337 e. The number of carbonyl (C=O) groups excluding carboxylic acids is 1. The van der Waals surface area contributed by atoms with Crippen molar-refractivity contribution in [2.75, 3.05) is 0 Å². The van der Waals surface area contributed by atoms with E-state index in [0.29, 0.717) is 18.1 Å². The molecule has 4 heterocycles. The van der Waals surface area contributed by atoms with Crippen LogP contribution >= 0.6 is 0 Å². The fourth-order valence-electron chi connectivity index (χ4n) is 4.41. The lowest BCUT2D eigenvalue weighted by Gasteiger charge is -2.39. The lowest BCUT2D eigenvalue weighted by molar-refractivity contribution is -0.133. The van der Waals surface area contributed by atoms with Crippen LogP contribution in [-0.2, 0) is 4.79 Å². The van der Waals surface area contributed by atoms with Crippen LogP contribution in [-0.4, -0.2) is 37.4 Å². The summed E-state index contributed by atoms with van der Waals surface area (Å²) in [6.45, 7) is 3.77. The molecule has 0 radical (unpaired) electrons. The lowest BCUT2D eigenvalue weighted by Crippen LogP contribution is -2.46. The monoisotopic (exact) mass is 284 g/mol. The standard InChI is InChI=1S/C16H20N4O/c1-10-18-15-9-17-6-5-16(15)19(10)14-7-12-3-4-13(8-14)20(12)11(2)21/h5-6,9,12-14H,3-4,7-8H2,1-2H3. The summed E-state index contributed by atoms with van der Waals surface area (Å²) in [5, 5.41) is 0. The van der Waals surface area contributed by atoms with E-state index in [-0.39, 0.29) is 5.91 Å². The van der Waals surface area contributed by atoms with Crippen LogP contribution in [0.1, 0.15) is 44.5 Å². The Morgan fingerprint density at radius 1 is 1.24 bits per heavy atom. The van der Waals surface area contributed by atoms with E-state index in [2.05, 4.69) is 32.4 Å². The van der Waals surface area contributed by atoms with Crippen molar-refractivity contribution >= 4 is 16.9 Å². The van der Waals surface area contributed by atoms with Crippen molar-refractivity contribution in [3.05, 3.63) is 24.3 Å². The van der Waals surface area contributed by atoms with E-state index >= 15 is 0 Å². The number of fused-ring (bicyclic) bond motifs is 3. The predicted molar refractivity (Wildman–Crippen MR) is 79.9 cm³/mol. The molecule has 2 aliphatic heterocycles. The van der Waals surface area contributed by atoms with Gasteiger partial charge in [-0.1, -0.05) is 0 Å². The fraction of sp³-hybridized carbons (Fsp3) is 0.562. The third-order valence-corrected chi connectivity index (χ3v) is 5.11. The Morgan fingerprint density at radius 2 is 1.95 bits per heavy atom. The molecule has 2 aliphatic rings. The lowest BCUT2D eigenvalue weighted by atomic mass is 9.96. The summed E-state index contributed by atoms with van der Waals surface area (Å²) >= 11 is 0. The smallest absolute Gasteiger partial charge is 0.219 e. The van der Waals surface area contributed by atoms with E-state index < -0.39 is 0 Å². The van der Waals surface area contributed by atoms with Gasteiger partial charge in [0.05, 0.1) is 11.7 Å². The molecule has 21 heavy (non-hydrogen) atoms. The predicted octanol–water partition coefficient (Wildman–Crippen LogP) is 2.45. The molecule has 2 fully saturated rings. The molecule has 110 valence electrons. The molecular weight excluding hydrogens is 264 g/mol. The van der Waals surface area contributed by atoms with Gasteiger partial charge in [-0.25, -0.2) is 4.98 Å². The molecule has 4 rings (SSSR count). The third-order valence-electron chi connectivity index (χ3n) is 5.11. The molecule has 0 aliphatic carbocycles. The summed E-state index contributed by atoms with van der Waals surface area (Å²) in [5.74, 6) is 1.29.